The molecule has 1 aromatic heterocycles. The van der Waals surface area contributed by atoms with Crippen LogP contribution < -0.4 is 16.4 Å². The molecule has 3 heterocycles. The fourth-order valence-electron chi connectivity index (χ4n) is 2.75. The van der Waals surface area contributed by atoms with Crippen LogP contribution in [0, 0.1) is 0 Å². The fraction of sp³-hybridized carbons (Fsp3) is 0.727. The molecule has 0 radical (unpaired) electrons. The second-order valence-electron chi connectivity index (χ2n) is 4.68. The van der Waals surface area contributed by atoms with E-state index >= 15 is 0 Å². The molecule has 4 N–H and O–H groups in total. The maximum absolute atomic E-state index is 5.99. The SMILES string of the molecule is Nc1nn(C2CCCNC2)c2c1CCNC2. The standard InChI is InChI=1S/C11H19N5/c12-11-9-3-5-14-7-10(9)16(15-11)8-2-1-4-13-6-8/h8,13-14H,1-7H2,(H2,12,15). The van der Waals surface area contributed by atoms with Crippen molar-refractivity contribution in [1.82, 2.24) is 20.4 Å². The molecule has 2 aliphatic rings. The van der Waals surface area contributed by atoms with Crippen LogP contribution in [0.2, 0.25) is 0 Å². The van der Waals surface area contributed by atoms with Crippen molar-refractivity contribution in [2.24, 2.45) is 0 Å². The number of rotatable bonds is 1. The molecule has 5 heteroatoms. The molecule has 1 aromatic rings. The number of nitrogens with two attached hydrogens (primary N) is 1. The fourth-order valence-corrected chi connectivity index (χ4v) is 2.75. The van der Waals surface area contributed by atoms with Gasteiger partial charge in [0.25, 0.3) is 0 Å². The summed E-state index contributed by atoms with van der Waals surface area (Å²) in [6.07, 6.45) is 3.45. The monoisotopic (exact) mass is 221 g/mol. The van der Waals surface area contributed by atoms with E-state index in [0.717, 1.165) is 38.4 Å². The molecule has 0 aromatic carbocycles. The topological polar surface area (TPSA) is 67.9 Å². The lowest BCUT2D eigenvalue weighted by atomic mass is 10.1. The van der Waals surface area contributed by atoms with Crippen molar-refractivity contribution in [2.45, 2.75) is 31.8 Å². The molecule has 16 heavy (non-hydrogen) atoms. The van der Waals surface area contributed by atoms with Crippen LogP contribution in [0.4, 0.5) is 5.82 Å². The Morgan fingerprint density at radius 2 is 2.25 bits per heavy atom. The van der Waals surface area contributed by atoms with Crippen LogP contribution in [0.5, 0.6) is 0 Å². The Kier molecular flexibility index (Phi) is 2.57. The van der Waals surface area contributed by atoms with Crippen LogP contribution >= 0.6 is 0 Å². The Balaban J connectivity index is 1.93. The summed E-state index contributed by atoms with van der Waals surface area (Å²) in [4.78, 5) is 0. The second kappa shape index (κ2) is 4.07. The number of nitrogens with one attached hydrogen (secondary N) is 2. The van der Waals surface area contributed by atoms with E-state index in [4.69, 9.17) is 5.73 Å². The first kappa shape index (κ1) is 10.1. The Bertz CT molecular complexity index is 378. The van der Waals surface area contributed by atoms with Gasteiger partial charge in [0.15, 0.2) is 0 Å². The highest BCUT2D eigenvalue weighted by Gasteiger charge is 2.24. The van der Waals surface area contributed by atoms with E-state index in [2.05, 4.69) is 20.4 Å². The van der Waals surface area contributed by atoms with Crippen LogP contribution in [-0.4, -0.2) is 29.4 Å². The molecule has 1 fully saturated rings. The Morgan fingerprint density at radius 3 is 3.06 bits per heavy atom. The molecule has 3 rings (SSSR count). The van der Waals surface area contributed by atoms with E-state index in [1.54, 1.807) is 0 Å². The quantitative estimate of drug-likeness (QED) is 0.626. The zero-order valence-electron chi connectivity index (χ0n) is 9.50. The smallest absolute Gasteiger partial charge is 0.149 e. The van der Waals surface area contributed by atoms with Crippen LogP contribution in [0.1, 0.15) is 30.1 Å². The van der Waals surface area contributed by atoms with Gasteiger partial charge in [-0.1, -0.05) is 0 Å². The summed E-state index contributed by atoms with van der Waals surface area (Å²) < 4.78 is 2.16. The van der Waals surface area contributed by atoms with Gasteiger partial charge >= 0.3 is 0 Å². The third-order valence-electron chi connectivity index (χ3n) is 3.61. The van der Waals surface area contributed by atoms with Gasteiger partial charge in [-0.3, -0.25) is 4.68 Å². The highest BCUT2D eigenvalue weighted by molar-refractivity contribution is 5.44. The molecule has 1 unspecified atom stereocenters. The summed E-state index contributed by atoms with van der Waals surface area (Å²) in [6.45, 7) is 4.09. The Hall–Kier alpha value is -1.07. The van der Waals surface area contributed by atoms with Crippen molar-refractivity contribution >= 4 is 5.82 Å². The number of hydrogen-bond donors (Lipinski definition) is 3. The number of anilines is 1. The van der Waals surface area contributed by atoms with Crippen molar-refractivity contribution in [3.63, 3.8) is 0 Å². The van der Waals surface area contributed by atoms with Crippen molar-refractivity contribution in [3.05, 3.63) is 11.3 Å². The van der Waals surface area contributed by atoms with E-state index in [0.29, 0.717) is 6.04 Å². The van der Waals surface area contributed by atoms with Gasteiger partial charge in [-0.2, -0.15) is 5.10 Å². The van der Waals surface area contributed by atoms with Gasteiger partial charge in [0, 0.05) is 18.7 Å². The predicted octanol–water partition coefficient (Wildman–Crippen LogP) is 0.0355. The molecule has 0 spiro atoms. The zero-order chi connectivity index (χ0) is 11.0. The molecule has 1 saturated heterocycles. The number of hydrogen-bond acceptors (Lipinski definition) is 4. The number of piperidine rings is 1. The lowest BCUT2D eigenvalue weighted by molar-refractivity contribution is 0.335. The lowest BCUT2D eigenvalue weighted by Crippen LogP contribution is -2.34. The minimum absolute atomic E-state index is 0.486. The summed E-state index contributed by atoms with van der Waals surface area (Å²) in [6, 6.07) is 0.486. The predicted molar refractivity (Wildman–Crippen MR) is 63.2 cm³/mol. The first-order valence-corrected chi connectivity index (χ1v) is 6.13. The van der Waals surface area contributed by atoms with Crippen LogP contribution in [0.15, 0.2) is 0 Å². The summed E-state index contributed by atoms with van der Waals surface area (Å²) in [5.41, 5.74) is 8.56. The zero-order valence-corrected chi connectivity index (χ0v) is 9.50. The summed E-state index contributed by atoms with van der Waals surface area (Å²) >= 11 is 0. The number of nitrogens with zero attached hydrogens (tertiary/aromatic N) is 2. The molecule has 0 aliphatic carbocycles. The van der Waals surface area contributed by atoms with Crippen molar-refractivity contribution in [1.29, 1.82) is 0 Å². The summed E-state index contributed by atoms with van der Waals surface area (Å²) in [5.74, 6) is 0.738. The molecule has 0 bridgehead atoms. The van der Waals surface area contributed by atoms with Gasteiger partial charge in [-0.15, -0.1) is 0 Å². The molecule has 0 saturated carbocycles. The van der Waals surface area contributed by atoms with E-state index in [-0.39, 0.29) is 0 Å². The van der Waals surface area contributed by atoms with Gasteiger partial charge in [0.2, 0.25) is 0 Å². The van der Waals surface area contributed by atoms with Gasteiger partial charge in [0.1, 0.15) is 5.82 Å². The highest BCUT2D eigenvalue weighted by atomic mass is 15.3. The Labute approximate surface area is 95.4 Å². The van der Waals surface area contributed by atoms with E-state index in [9.17, 15) is 0 Å². The van der Waals surface area contributed by atoms with E-state index in [1.807, 2.05) is 0 Å². The second-order valence-corrected chi connectivity index (χ2v) is 4.68. The van der Waals surface area contributed by atoms with E-state index in [1.165, 1.54) is 24.1 Å². The minimum atomic E-state index is 0.486. The molecule has 0 amide bonds. The third kappa shape index (κ3) is 1.60. The minimum Gasteiger partial charge on any atom is -0.382 e. The summed E-state index contributed by atoms with van der Waals surface area (Å²) in [5, 5.41) is 11.4. The van der Waals surface area contributed by atoms with E-state index < -0.39 is 0 Å². The molecule has 5 nitrogen and oxygen atoms in total. The van der Waals surface area contributed by atoms with Gasteiger partial charge in [-0.05, 0) is 32.4 Å². The lowest BCUT2D eigenvalue weighted by Gasteiger charge is -2.26. The first-order valence-electron chi connectivity index (χ1n) is 6.13. The van der Waals surface area contributed by atoms with Crippen LogP contribution in [0.25, 0.3) is 0 Å². The van der Waals surface area contributed by atoms with Crippen LogP contribution in [-0.2, 0) is 13.0 Å². The van der Waals surface area contributed by atoms with Gasteiger partial charge in [0.05, 0.1) is 11.7 Å². The molecule has 1 atom stereocenters. The molecular formula is C11H19N5. The van der Waals surface area contributed by atoms with Crippen molar-refractivity contribution in [2.75, 3.05) is 25.4 Å². The number of aromatic nitrogens is 2. The molecular weight excluding hydrogens is 202 g/mol. The average molecular weight is 221 g/mol. The van der Waals surface area contributed by atoms with Crippen molar-refractivity contribution in [3.8, 4) is 0 Å². The maximum atomic E-state index is 5.99. The largest absolute Gasteiger partial charge is 0.382 e. The Morgan fingerprint density at radius 1 is 1.31 bits per heavy atom. The van der Waals surface area contributed by atoms with Crippen molar-refractivity contribution < 1.29 is 0 Å². The molecule has 88 valence electrons. The number of fused-ring (bicyclic) bond motifs is 1. The average Bonchev–Trinajstić information content (AvgIpc) is 2.69. The number of nitrogen functional groups attached to an aromatic ring is 1. The normalized spacial score (nSPS) is 25.4. The van der Waals surface area contributed by atoms with Crippen LogP contribution in [0.3, 0.4) is 0 Å². The summed E-state index contributed by atoms with van der Waals surface area (Å²) in [7, 11) is 0. The molecule has 2 aliphatic heterocycles. The highest BCUT2D eigenvalue weighted by Crippen LogP contribution is 2.26. The van der Waals surface area contributed by atoms with Gasteiger partial charge < -0.3 is 16.4 Å². The first-order chi connectivity index (χ1) is 7.86. The maximum Gasteiger partial charge on any atom is 0.149 e. The third-order valence-corrected chi connectivity index (χ3v) is 3.61. The van der Waals surface area contributed by atoms with Gasteiger partial charge in [-0.25, -0.2) is 0 Å².